The second-order valence-corrected chi connectivity index (χ2v) is 8.55. The summed E-state index contributed by atoms with van der Waals surface area (Å²) in [7, 11) is 1.75. The summed E-state index contributed by atoms with van der Waals surface area (Å²) >= 11 is 0. The summed E-state index contributed by atoms with van der Waals surface area (Å²) in [5, 5.41) is 24.8. The molecule has 2 atom stereocenters. The number of carboxylic acids is 1. The third-order valence-electron chi connectivity index (χ3n) is 6.06. The normalized spacial score (nSPS) is 17.8. The van der Waals surface area contributed by atoms with E-state index in [0.29, 0.717) is 47.3 Å². The molecular formula is C24H25N7O4. The van der Waals surface area contributed by atoms with E-state index in [-0.39, 0.29) is 18.0 Å². The number of aryl methyl sites for hydroxylation is 2. The number of ether oxygens (including phenoxy) is 1. The van der Waals surface area contributed by atoms with Crippen LogP contribution in [-0.4, -0.2) is 47.3 Å². The summed E-state index contributed by atoms with van der Waals surface area (Å²) in [4.78, 5) is 20.4. The number of nitrogens with one attached hydrogen (secondary N) is 1. The SMILES string of the molecule is Cc1nc(-c2nnn(C)c2Nc2nc(-c3ccccc3)no2)ccc1O[C@H]1CCC[C@H](C(=O)O)C1. The van der Waals surface area contributed by atoms with E-state index in [4.69, 9.17) is 9.26 Å². The van der Waals surface area contributed by atoms with Gasteiger partial charge in [-0.2, -0.15) is 4.98 Å². The van der Waals surface area contributed by atoms with Gasteiger partial charge in [-0.1, -0.05) is 40.7 Å². The van der Waals surface area contributed by atoms with Gasteiger partial charge in [-0.3, -0.25) is 10.1 Å². The lowest BCUT2D eigenvalue weighted by Gasteiger charge is -2.27. The molecule has 0 amide bonds. The molecule has 1 aliphatic carbocycles. The average Bonchev–Trinajstić information content (AvgIpc) is 3.48. The number of carboxylic acid groups (broad SMARTS) is 1. The van der Waals surface area contributed by atoms with E-state index >= 15 is 0 Å². The fraction of sp³-hybridized carbons (Fsp3) is 0.333. The van der Waals surface area contributed by atoms with Crippen LogP contribution in [0.4, 0.5) is 11.8 Å². The van der Waals surface area contributed by atoms with Crippen molar-refractivity contribution in [2.24, 2.45) is 13.0 Å². The molecule has 4 aromatic rings. The van der Waals surface area contributed by atoms with E-state index in [1.54, 1.807) is 17.8 Å². The summed E-state index contributed by atoms with van der Waals surface area (Å²) in [5.74, 6) is 0.524. The maximum absolute atomic E-state index is 11.4. The third-order valence-corrected chi connectivity index (χ3v) is 6.06. The minimum absolute atomic E-state index is 0.138. The summed E-state index contributed by atoms with van der Waals surface area (Å²) in [5.41, 5.74) is 2.64. The number of aromatic nitrogens is 6. The lowest BCUT2D eigenvalue weighted by atomic mass is 9.87. The molecule has 0 saturated heterocycles. The molecule has 5 rings (SSSR count). The first-order chi connectivity index (χ1) is 17.0. The summed E-state index contributed by atoms with van der Waals surface area (Å²) < 4.78 is 13.1. The van der Waals surface area contributed by atoms with Gasteiger partial charge in [0, 0.05) is 12.6 Å². The molecule has 0 spiro atoms. The third kappa shape index (κ3) is 4.84. The Bertz CT molecular complexity index is 1330. The molecule has 2 N–H and O–H groups in total. The zero-order valence-electron chi connectivity index (χ0n) is 19.4. The Kier molecular flexibility index (Phi) is 6.13. The van der Waals surface area contributed by atoms with Crippen LogP contribution < -0.4 is 10.1 Å². The first-order valence-electron chi connectivity index (χ1n) is 11.4. The number of benzene rings is 1. The van der Waals surface area contributed by atoms with Gasteiger partial charge in [-0.15, -0.1) is 5.10 Å². The molecule has 180 valence electrons. The Morgan fingerprint density at radius 2 is 2.00 bits per heavy atom. The molecule has 0 radical (unpaired) electrons. The molecule has 3 aromatic heterocycles. The minimum atomic E-state index is -0.761. The quantitative estimate of drug-likeness (QED) is 0.403. The largest absolute Gasteiger partial charge is 0.489 e. The fourth-order valence-electron chi connectivity index (χ4n) is 4.21. The van der Waals surface area contributed by atoms with E-state index in [1.165, 1.54) is 0 Å². The van der Waals surface area contributed by atoms with Crippen molar-refractivity contribution >= 4 is 17.8 Å². The van der Waals surface area contributed by atoms with Crippen LogP contribution in [0.1, 0.15) is 31.4 Å². The van der Waals surface area contributed by atoms with Gasteiger partial charge in [-0.05, 0) is 44.7 Å². The molecule has 11 heteroatoms. The van der Waals surface area contributed by atoms with Crippen molar-refractivity contribution in [2.45, 2.75) is 38.7 Å². The van der Waals surface area contributed by atoms with Gasteiger partial charge in [0.25, 0.3) is 0 Å². The molecular weight excluding hydrogens is 450 g/mol. The van der Waals surface area contributed by atoms with Crippen molar-refractivity contribution in [1.82, 2.24) is 30.1 Å². The van der Waals surface area contributed by atoms with Crippen molar-refractivity contribution < 1.29 is 19.2 Å². The van der Waals surface area contributed by atoms with Crippen LogP contribution in [0, 0.1) is 12.8 Å². The van der Waals surface area contributed by atoms with Gasteiger partial charge in [0.1, 0.15) is 5.75 Å². The maximum Gasteiger partial charge on any atom is 0.327 e. The second kappa shape index (κ2) is 9.53. The van der Waals surface area contributed by atoms with Gasteiger partial charge in [-0.25, -0.2) is 9.67 Å². The van der Waals surface area contributed by atoms with Crippen molar-refractivity contribution in [2.75, 3.05) is 5.32 Å². The average molecular weight is 476 g/mol. The number of nitrogens with zero attached hydrogens (tertiary/aromatic N) is 6. The zero-order valence-corrected chi connectivity index (χ0v) is 19.4. The van der Waals surface area contributed by atoms with Gasteiger partial charge in [0.2, 0.25) is 5.82 Å². The van der Waals surface area contributed by atoms with Crippen LogP contribution in [0.3, 0.4) is 0 Å². The predicted molar refractivity (Wildman–Crippen MR) is 126 cm³/mol. The van der Waals surface area contributed by atoms with Gasteiger partial charge >= 0.3 is 12.0 Å². The molecule has 0 aliphatic heterocycles. The van der Waals surface area contributed by atoms with Gasteiger partial charge in [0.15, 0.2) is 11.5 Å². The van der Waals surface area contributed by atoms with E-state index in [9.17, 15) is 9.90 Å². The Morgan fingerprint density at radius 3 is 2.77 bits per heavy atom. The zero-order chi connectivity index (χ0) is 24.4. The molecule has 1 fully saturated rings. The Labute approximate surface area is 201 Å². The van der Waals surface area contributed by atoms with Crippen molar-refractivity contribution in [3.8, 4) is 28.5 Å². The monoisotopic (exact) mass is 475 g/mol. The molecule has 1 saturated carbocycles. The number of hydrogen-bond donors (Lipinski definition) is 2. The van der Waals surface area contributed by atoms with Gasteiger partial charge < -0.3 is 14.4 Å². The van der Waals surface area contributed by atoms with Crippen molar-refractivity contribution in [1.29, 1.82) is 0 Å². The standard InChI is InChI=1S/C24H25N7O4/c1-14-19(34-17-10-6-9-16(13-17)23(32)33)12-11-18(25-14)20-22(31(2)30-28-20)27-24-26-21(29-35-24)15-7-4-3-5-8-15/h3-5,7-8,11-12,16-17H,6,9-10,13H2,1-2H3,(H,32,33)(H,26,27,29)/t16-,17-/m0/s1. The summed E-state index contributed by atoms with van der Waals surface area (Å²) in [6, 6.07) is 13.4. The molecule has 11 nitrogen and oxygen atoms in total. The number of hydrogen-bond acceptors (Lipinski definition) is 9. The molecule has 35 heavy (non-hydrogen) atoms. The molecule has 0 unspecified atom stereocenters. The number of aliphatic carboxylic acids is 1. The van der Waals surface area contributed by atoms with Crippen LogP contribution in [0.25, 0.3) is 22.8 Å². The lowest BCUT2D eigenvalue weighted by Crippen LogP contribution is -2.29. The Morgan fingerprint density at radius 1 is 1.17 bits per heavy atom. The van der Waals surface area contributed by atoms with E-state index in [1.807, 2.05) is 43.3 Å². The van der Waals surface area contributed by atoms with Crippen molar-refractivity contribution in [3.63, 3.8) is 0 Å². The highest BCUT2D eigenvalue weighted by Crippen LogP contribution is 2.32. The van der Waals surface area contributed by atoms with E-state index in [0.717, 1.165) is 18.4 Å². The maximum atomic E-state index is 11.4. The van der Waals surface area contributed by atoms with Crippen LogP contribution in [0.2, 0.25) is 0 Å². The predicted octanol–water partition coefficient (Wildman–Crippen LogP) is 4.00. The Balaban J connectivity index is 1.34. The lowest BCUT2D eigenvalue weighted by molar-refractivity contribution is -0.143. The fourth-order valence-corrected chi connectivity index (χ4v) is 4.21. The smallest absolute Gasteiger partial charge is 0.327 e. The molecule has 1 aromatic carbocycles. The summed E-state index contributed by atoms with van der Waals surface area (Å²) in [6.07, 6.45) is 2.73. The van der Waals surface area contributed by atoms with Crippen LogP contribution in [0.15, 0.2) is 47.0 Å². The molecule has 3 heterocycles. The highest BCUT2D eigenvalue weighted by Gasteiger charge is 2.28. The van der Waals surface area contributed by atoms with Crippen LogP contribution >= 0.6 is 0 Å². The first-order valence-corrected chi connectivity index (χ1v) is 11.4. The number of pyridine rings is 1. The van der Waals surface area contributed by atoms with E-state index < -0.39 is 5.97 Å². The van der Waals surface area contributed by atoms with Crippen LogP contribution in [-0.2, 0) is 11.8 Å². The summed E-state index contributed by atoms with van der Waals surface area (Å²) in [6.45, 7) is 1.85. The Hall–Kier alpha value is -4.28. The highest BCUT2D eigenvalue weighted by molar-refractivity contribution is 5.72. The second-order valence-electron chi connectivity index (χ2n) is 8.55. The topological polar surface area (TPSA) is 141 Å². The molecule has 1 aliphatic rings. The number of rotatable bonds is 7. The van der Waals surface area contributed by atoms with E-state index in [2.05, 4.69) is 30.8 Å². The first kappa shape index (κ1) is 22.5. The minimum Gasteiger partial charge on any atom is -0.489 e. The molecule has 0 bridgehead atoms. The number of carbonyl (C=O) groups is 1. The van der Waals surface area contributed by atoms with Crippen molar-refractivity contribution in [3.05, 3.63) is 48.2 Å². The highest BCUT2D eigenvalue weighted by atomic mass is 16.5. The van der Waals surface area contributed by atoms with Gasteiger partial charge in [0.05, 0.1) is 23.4 Å². The number of anilines is 2. The van der Waals surface area contributed by atoms with Crippen LogP contribution in [0.5, 0.6) is 5.75 Å².